The summed E-state index contributed by atoms with van der Waals surface area (Å²) in [5.41, 5.74) is 6.03. The summed E-state index contributed by atoms with van der Waals surface area (Å²) < 4.78 is 15.9. The fourth-order valence-corrected chi connectivity index (χ4v) is 2.86. The van der Waals surface area contributed by atoms with E-state index in [1.54, 1.807) is 28.9 Å². The predicted octanol–water partition coefficient (Wildman–Crippen LogP) is 0.344. The first-order valence-electron chi connectivity index (χ1n) is 8.07. The van der Waals surface area contributed by atoms with Crippen molar-refractivity contribution in [1.82, 2.24) is 9.80 Å². The van der Waals surface area contributed by atoms with Crippen LogP contribution in [-0.2, 0) is 4.79 Å². The lowest BCUT2D eigenvalue weighted by Crippen LogP contribution is -2.53. The summed E-state index contributed by atoms with van der Waals surface area (Å²) >= 11 is 0. The molecule has 1 aromatic rings. The van der Waals surface area contributed by atoms with Gasteiger partial charge in [0, 0.05) is 26.2 Å². The summed E-state index contributed by atoms with van der Waals surface area (Å²) in [6.07, 6.45) is 0. The Kier molecular flexibility index (Phi) is 6.08. The maximum atomic E-state index is 12.9. The lowest BCUT2D eigenvalue weighted by Gasteiger charge is -2.35. The van der Waals surface area contributed by atoms with Crippen LogP contribution in [0.3, 0.4) is 0 Å². The monoisotopic (exact) mass is 351 g/mol. The highest BCUT2D eigenvalue weighted by Crippen LogP contribution is 2.40. The summed E-state index contributed by atoms with van der Waals surface area (Å²) in [4.78, 5) is 28.2. The van der Waals surface area contributed by atoms with Crippen molar-refractivity contribution in [2.45, 2.75) is 13.0 Å². The van der Waals surface area contributed by atoms with Crippen LogP contribution in [0.5, 0.6) is 17.2 Å². The average molecular weight is 351 g/mol. The first-order chi connectivity index (χ1) is 11.9. The number of nitrogens with two attached hydrogens (primary N) is 1. The van der Waals surface area contributed by atoms with Crippen LogP contribution >= 0.6 is 0 Å². The maximum absolute atomic E-state index is 12.9. The van der Waals surface area contributed by atoms with Crippen LogP contribution in [0.4, 0.5) is 0 Å². The van der Waals surface area contributed by atoms with Crippen LogP contribution in [0.15, 0.2) is 12.1 Å². The smallest absolute Gasteiger partial charge is 0.257 e. The Morgan fingerprint density at radius 2 is 1.52 bits per heavy atom. The van der Waals surface area contributed by atoms with Crippen LogP contribution in [0.2, 0.25) is 0 Å². The van der Waals surface area contributed by atoms with Gasteiger partial charge in [0.25, 0.3) is 5.91 Å². The molecule has 1 saturated heterocycles. The second-order valence-electron chi connectivity index (χ2n) is 5.79. The van der Waals surface area contributed by atoms with Gasteiger partial charge in [-0.2, -0.15) is 0 Å². The molecule has 1 heterocycles. The van der Waals surface area contributed by atoms with Crippen LogP contribution < -0.4 is 19.9 Å². The molecule has 1 aliphatic heterocycles. The summed E-state index contributed by atoms with van der Waals surface area (Å²) in [6, 6.07) is 2.79. The average Bonchev–Trinajstić information content (AvgIpc) is 2.65. The number of carbonyl (C=O) groups excluding carboxylic acids is 2. The molecule has 0 spiro atoms. The molecule has 2 amide bonds. The minimum atomic E-state index is -0.534. The zero-order chi connectivity index (χ0) is 18.6. The fraction of sp³-hybridized carbons (Fsp3) is 0.529. The van der Waals surface area contributed by atoms with Crippen molar-refractivity contribution in [1.29, 1.82) is 0 Å². The number of rotatable bonds is 5. The number of carbonyl (C=O) groups is 2. The number of ether oxygens (including phenoxy) is 3. The van der Waals surface area contributed by atoms with Gasteiger partial charge in [0.1, 0.15) is 0 Å². The van der Waals surface area contributed by atoms with Gasteiger partial charge < -0.3 is 29.7 Å². The van der Waals surface area contributed by atoms with Gasteiger partial charge in [0.2, 0.25) is 11.7 Å². The van der Waals surface area contributed by atoms with E-state index < -0.39 is 6.04 Å². The second-order valence-corrected chi connectivity index (χ2v) is 5.79. The lowest BCUT2D eigenvalue weighted by atomic mass is 10.1. The Labute approximate surface area is 147 Å². The number of amides is 2. The van der Waals surface area contributed by atoms with E-state index in [-0.39, 0.29) is 11.8 Å². The molecular weight excluding hydrogens is 326 g/mol. The summed E-state index contributed by atoms with van der Waals surface area (Å²) in [5.74, 6) is 0.923. The third kappa shape index (κ3) is 3.79. The van der Waals surface area contributed by atoms with Crippen molar-refractivity contribution in [3.05, 3.63) is 17.7 Å². The van der Waals surface area contributed by atoms with E-state index in [9.17, 15) is 9.59 Å². The number of nitrogens with zero attached hydrogens (tertiary/aromatic N) is 2. The third-order valence-electron chi connectivity index (χ3n) is 4.20. The zero-order valence-corrected chi connectivity index (χ0v) is 15.1. The molecule has 1 aromatic carbocycles. The Balaban J connectivity index is 2.18. The second kappa shape index (κ2) is 8.06. The maximum Gasteiger partial charge on any atom is 0.257 e. The first-order valence-corrected chi connectivity index (χ1v) is 8.07. The molecule has 138 valence electrons. The van der Waals surface area contributed by atoms with Crippen molar-refractivity contribution in [2.24, 2.45) is 5.73 Å². The number of piperazine rings is 1. The van der Waals surface area contributed by atoms with Crippen molar-refractivity contribution in [3.63, 3.8) is 0 Å². The Morgan fingerprint density at radius 3 is 2.00 bits per heavy atom. The molecule has 0 unspecified atom stereocenters. The van der Waals surface area contributed by atoms with Crippen molar-refractivity contribution >= 4 is 11.8 Å². The van der Waals surface area contributed by atoms with E-state index in [1.807, 2.05) is 0 Å². The van der Waals surface area contributed by atoms with Gasteiger partial charge in [-0.05, 0) is 19.1 Å². The number of hydrogen-bond acceptors (Lipinski definition) is 6. The third-order valence-corrected chi connectivity index (χ3v) is 4.20. The zero-order valence-electron chi connectivity index (χ0n) is 15.1. The highest BCUT2D eigenvalue weighted by molar-refractivity contribution is 5.98. The van der Waals surface area contributed by atoms with E-state index in [0.717, 1.165) is 0 Å². The van der Waals surface area contributed by atoms with Crippen LogP contribution in [0, 0.1) is 0 Å². The molecule has 8 heteroatoms. The molecule has 2 rings (SSSR count). The van der Waals surface area contributed by atoms with Crippen molar-refractivity contribution in [2.75, 3.05) is 47.5 Å². The Bertz CT molecular complexity index is 639. The van der Waals surface area contributed by atoms with E-state index >= 15 is 0 Å². The SMILES string of the molecule is COc1ccc(C(=O)N2CCN(C(=O)[C@H](C)N)CC2)c(OC)c1OC. The topological polar surface area (TPSA) is 94.3 Å². The molecule has 0 radical (unpaired) electrons. The van der Waals surface area contributed by atoms with E-state index in [2.05, 4.69) is 0 Å². The van der Waals surface area contributed by atoms with Gasteiger partial charge in [0.05, 0.1) is 32.9 Å². The largest absolute Gasteiger partial charge is 0.493 e. The standard InChI is InChI=1S/C17H25N3O5/c1-11(18)16(21)19-7-9-20(10-8-19)17(22)12-5-6-13(23-2)15(25-4)14(12)24-3/h5-6,11H,7-10,18H2,1-4H3/t11-/m0/s1. The molecular formula is C17H25N3O5. The molecule has 8 nitrogen and oxygen atoms in total. The molecule has 0 aliphatic carbocycles. The molecule has 1 fully saturated rings. The van der Waals surface area contributed by atoms with E-state index in [0.29, 0.717) is 49.0 Å². The number of hydrogen-bond donors (Lipinski definition) is 1. The van der Waals surface area contributed by atoms with Crippen LogP contribution in [0.1, 0.15) is 17.3 Å². The van der Waals surface area contributed by atoms with Crippen LogP contribution in [-0.4, -0.2) is 75.2 Å². The predicted molar refractivity (Wildman–Crippen MR) is 92.2 cm³/mol. The minimum Gasteiger partial charge on any atom is -0.493 e. The minimum absolute atomic E-state index is 0.101. The fourth-order valence-electron chi connectivity index (χ4n) is 2.86. The van der Waals surface area contributed by atoms with Gasteiger partial charge in [0.15, 0.2) is 11.5 Å². The first kappa shape index (κ1) is 18.9. The summed E-state index contributed by atoms with van der Waals surface area (Å²) in [7, 11) is 4.49. The van der Waals surface area contributed by atoms with Gasteiger partial charge in [-0.25, -0.2) is 0 Å². The van der Waals surface area contributed by atoms with Crippen molar-refractivity contribution < 1.29 is 23.8 Å². The summed E-state index contributed by atoms with van der Waals surface area (Å²) in [6.45, 7) is 3.46. The molecule has 1 atom stereocenters. The van der Waals surface area contributed by atoms with E-state index in [4.69, 9.17) is 19.9 Å². The van der Waals surface area contributed by atoms with E-state index in [1.165, 1.54) is 21.3 Å². The van der Waals surface area contributed by atoms with Gasteiger partial charge in [-0.15, -0.1) is 0 Å². The molecule has 0 bridgehead atoms. The highest BCUT2D eigenvalue weighted by atomic mass is 16.5. The molecule has 0 saturated carbocycles. The van der Waals surface area contributed by atoms with Gasteiger partial charge >= 0.3 is 0 Å². The highest BCUT2D eigenvalue weighted by Gasteiger charge is 2.29. The van der Waals surface area contributed by atoms with Crippen LogP contribution in [0.25, 0.3) is 0 Å². The molecule has 25 heavy (non-hydrogen) atoms. The normalized spacial score (nSPS) is 15.6. The van der Waals surface area contributed by atoms with Gasteiger partial charge in [-0.3, -0.25) is 9.59 Å². The van der Waals surface area contributed by atoms with Gasteiger partial charge in [-0.1, -0.05) is 0 Å². The Hall–Kier alpha value is -2.48. The quantitative estimate of drug-likeness (QED) is 0.822. The van der Waals surface area contributed by atoms with Crippen molar-refractivity contribution in [3.8, 4) is 17.2 Å². The Morgan fingerprint density at radius 1 is 0.960 bits per heavy atom. The molecule has 2 N–H and O–H groups in total. The number of benzene rings is 1. The number of methoxy groups -OCH3 is 3. The lowest BCUT2D eigenvalue weighted by molar-refractivity contribution is -0.133. The summed E-state index contributed by atoms with van der Waals surface area (Å²) in [5, 5.41) is 0. The molecule has 0 aromatic heterocycles. The molecule has 1 aliphatic rings.